The summed E-state index contributed by atoms with van der Waals surface area (Å²) in [5.74, 6) is 0.870. The van der Waals surface area contributed by atoms with Gasteiger partial charge in [0, 0.05) is 38.5 Å². The monoisotopic (exact) mass is 436 g/mol. The Bertz CT molecular complexity index is 999. The molecule has 0 aromatic heterocycles. The maximum atomic E-state index is 12.4. The van der Waals surface area contributed by atoms with Crippen LogP contribution < -0.4 is 10.1 Å². The Balaban J connectivity index is 1.41. The van der Waals surface area contributed by atoms with Gasteiger partial charge in [-0.05, 0) is 74.6 Å². The summed E-state index contributed by atoms with van der Waals surface area (Å²) in [6.45, 7) is 8.49. The number of amides is 2. The minimum Gasteiger partial charge on any atom is -0.487 e. The van der Waals surface area contributed by atoms with Gasteiger partial charge in [0.05, 0.1) is 0 Å². The highest BCUT2D eigenvalue weighted by Gasteiger charge is 2.41. The van der Waals surface area contributed by atoms with Crippen LogP contribution in [0.25, 0.3) is 11.1 Å². The molecule has 1 spiro atoms. The zero-order valence-corrected chi connectivity index (χ0v) is 19.4. The van der Waals surface area contributed by atoms with Gasteiger partial charge in [0.15, 0.2) is 0 Å². The number of hydrogen-bond donors (Lipinski definition) is 1. The fourth-order valence-corrected chi connectivity index (χ4v) is 4.43. The van der Waals surface area contributed by atoms with Crippen LogP contribution in [0.15, 0.2) is 42.5 Å². The summed E-state index contributed by atoms with van der Waals surface area (Å²) < 4.78 is 12.0. The van der Waals surface area contributed by atoms with Crippen molar-refractivity contribution in [2.75, 3.05) is 18.4 Å². The van der Waals surface area contributed by atoms with Crippen molar-refractivity contribution in [2.45, 2.75) is 64.6 Å². The Hall–Kier alpha value is -3.02. The van der Waals surface area contributed by atoms with Crippen LogP contribution in [0.3, 0.4) is 0 Å². The van der Waals surface area contributed by atoms with E-state index in [0.29, 0.717) is 13.1 Å². The number of hydrogen-bond acceptors (Lipinski definition) is 4. The van der Waals surface area contributed by atoms with Crippen molar-refractivity contribution in [2.24, 2.45) is 0 Å². The maximum Gasteiger partial charge on any atom is 0.410 e. The van der Waals surface area contributed by atoms with E-state index in [9.17, 15) is 9.59 Å². The lowest BCUT2D eigenvalue weighted by molar-refractivity contribution is -0.114. The first-order valence-electron chi connectivity index (χ1n) is 11.3. The van der Waals surface area contributed by atoms with Gasteiger partial charge in [-0.2, -0.15) is 0 Å². The Labute approximate surface area is 189 Å². The molecule has 0 unspecified atom stereocenters. The molecular weight excluding hydrogens is 404 g/mol. The van der Waals surface area contributed by atoms with Crippen LogP contribution in [-0.2, 0) is 16.0 Å². The van der Waals surface area contributed by atoms with E-state index >= 15 is 0 Å². The van der Waals surface area contributed by atoms with E-state index in [-0.39, 0.29) is 17.6 Å². The first kappa shape index (κ1) is 22.2. The van der Waals surface area contributed by atoms with Gasteiger partial charge >= 0.3 is 6.09 Å². The number of fused-ring (bicyclic) bond motifs is 1. The van der Waals surface area contributed by atoms with Crippen LogP contribution in [0, 0.1) is 0 Å². The van der Waals surface area contributed by atoms with Crippen molar-refractivity contribution in [3.8, 4) is 16.9 Å². The average Bonchev–Trinajstić information content (AvgIpc) is 2.73. The quantitative estimate of drug-likeness (QED) is 0.684. The minimum absolute atomic E-state index is 0.0745. The molecule has 0 bridgehead atoms. The van der Waals surface area contributed by atoms with E-state index in [2.05, 4.69) is 23.5 Å². The first-order valence-corrected chi connectivity index (χ1v) is 11.3. The van der Waals surface area contributed by atoms with Crippen molar-refractivity contribution in [1.82, 2.24) is 4.90 Å². The summed E-state index contributed by atoms with van der Waals surface area (Å²) in [6, 6.07) is 14.2. The molecule has 6 heteroatoms. The van der Waals surface area contributed by atoms with Crippen LogP contribution >= 0.6 is 0 Å². The van der Waals surface area contributed by atoms with E-state index in [4.69, 9.17) is 9.47 Å². The third-order valence-corrected chi connectivity index (χ3v) is 6.10. The van der Waals surface area contributed by atoms with Gasteiger partial charge in [0.25, 0.3) is 0 Å². The lowest BCUT2D eigenvalue weighted by atomic mass is 9.82. The van der Waals surface area contributed by atoms with Gasteiger partial charge in [-0.15, -0.1) is 0 Å². The number of nitrogens with zero attached hydrogens (tertiary/aromatic N) is 1. The van der Waals surface area contributed by atoms with Crippen LogP contribution in [-0.4, -0.2) is 41.2 Å². The molecule has 4 rings (SSSR count). The van der Waals surface area contributed by atoms with Crippen molar-refractivity contribution in [1.29, 1.82) is 0 Å². The second-order valence-corrected chi connectivity index (χ2v) is 9.83. The molecule has 2 aromatic rings. The lowest BCUT2D eigenvalue weighted by Crippen LogP contribution is -2.52. The molecule has 0 saturated carbocycles. The third-order valence-electron chi connectivity index (χ3n) is 6.10. The molecule has 0 radical (unpaired) electrons. The number of carbonyl (C=O) groups excluding carboxylic acids is 2. The molecule has 170 valence electrons. The Morgan fingerprint density at radius 1 is 1.00 bits per heavy atom. The number of nitrogens with one attached hydrogen (secondary N) is 1. The number of carbonyl (C=O) groups is 2. The summed E-state index contributed by atoms with van der Waals surface area (Å²) in [6.07, 6.45) is 3.31. The van der Waals surface area contributed by atoms with Gasteiger partial charge in [-0.3, -0.25) is 4.79 Å². The smallest absolute Gasteiger partial charge is 0.410 e. The van der Waals surface area contributed by atoms with Crippen LogP contribution in [0.5, 0.6) is 5.75 Å². The minimum atomic E-state index is -0.478. The Morgan fingerprint density at radius 2 is 1.66 bits per heavy atom. The normalized spacial score (nSPS) is 17.3. The number of aryl methyl sites for hydroxylation is 1. The SMILES string of the molecule is CC(=O)Nc1ccc(-c2ccc3c(c2)CCC2(CCN(C(=O)OC(C)(C)C)CC2)O3)cc1. The van der Waals surface area contributed by atoms with Crippen molar-refractivity contribution in [3.05, 3.63) is 48.0 Å². The van der Waals surface area contributed by atoms with Crippen LogP contribution in [0.1, 0.15) is 52.5 Å². The molecule has 2 aliphatic heterocycles. The number of rotatable bonds is 2. The van der Waals surface area contributed by atoms with Crippen LogP contribution in [0.2, 0.25) is 0 Å². The molecule has 6 nitrogen and oxygen atoms in total. The van der Waals surface area contributed by atoms with E-state index in [1.807, 2.05) is 45.0 Å². The molecular formula is C26H32N2O4. The molecule has 0 atom stereocenters. The predicted molar refractivity (Wildman–Crippen MR) is 125 cm³/mol. The standard InChI is InChI=1S/C26H32N2O4/c1-18(29)27-22-8-5-19(6-9-22)20-7-10-23-21(17-20)11-12-26(31-23)13-15-28(16-14-26)24(30)32-25(2,3)4/h5-10,17H,11-16H2,1-4H3,(H,27,29). The topological polar surface area (TPSA) is 67.9 Å². The van der Waals surface area contributed by atoms with E-state index in [1.165, 1.54) is 12.5 Å². The van der Waals surface area contributed by atoms with Gasteiger partial charge in [-0.1, -0.05) is 18.2 Å². The summed E-state index contributed by atoms with van der Waals surface area (Å²) >= 11 is 0. The van der Waals surface area contributed by atoms with Crippen molar-refractivity contribution in [3.63, 3.8) is 0 Å². The largest absolute Gasteiger partial charge is 0.487 e. The maximum absolute atomic E-state index is 12.4. The summed E-state index contributed by atoms with van der Waals surface area (Å²) in [4.78, 5) is 25.4. The van der Waals surface area contributed by atoms with E-state index in [1.54, 1.807) is 4.90 Å². The average molecular weight is 437 g/mol. The molecule has 0 aliphatic carbocycles. The highest BCUT2D eigenvalue weighted by molar-refractivity contribution is 5.89. The molecule has 1 saturated heterocycles. The number of benzene rings is 2. The van der Waals surface area contributed by atoms with Crippen molar-refractivity contribution >= 4 is 17.7 Å². The molecule has 2 aliphatic rings. The van der Waals surface area contributed by atoms with Crippen LogP contribution in [0.4, 0.5) is 10.5 Å². The summed E-state index contributed by atoms with van der Waals surface area (Å²) in [7, 11) is 0. The molecule has 1 fully saturated rings. The van der Waals surface area contributed by atoms with Gasteiger partial charge < -0.3 is 19.7 Å². The zero-order chi connectivity index (χ0) is 22.9. The third kappa shape index (κ3) is 5.06. The number of likely N-dealkylation sites (tertiary alicyclic amines) is 1. The number of piperidine rings is 1. The fraction of sp³-hybridized carbons (Fsp3) is 0.462. The van der Waals surface area contributed by atoms with Crippen molar-refractivity contribution < 1.29 is 19.1 Å². The predicted octanol–water partition coefficient (Wildman–Crippen LogP) is 5.41. The number of ether oxygens (including phenoxy) is 2. The number of anilines is 1. The fourth-order valence-electron chi connectivity index (χ4n) is 4.43. The summed E-state index contributed by atoms with van der Waals surface area (Å²) in [5, 5.41) is 2.80. The van der Waals surface area contributed by atoms with E-state index in [0.717, 1.165) is 48.2 Å². The van der Waals surface area contributed by atoms with Gasteiger partial charge in [0.1, 0.15) is 17.0 Å². The second kappa shape index (κ2) is 8.49. The highest BCUT2D eigenvalue weighted by atomic mass is 16.6. The lowest BCUT2D eigenvalue weighted by Gasteiger charge is -2.44. The highest BCUT2D eigenvalue weighted by Crippen LogP contribution is 2.41. The first-order chi connectivity index (χ1) is 15.1. The van der Waals surface area contributed by atoms with E-state index < -0.39 is 5.60 Å². The molecule has 1 N–H and O–H groups in total. The molecule has 2 heterocycles. The van der Waals surface area contributed by atoms with Gasteiger partial charge in [-0.25, -0.2) is 4.79 Å². The summed E-state index contributed by atoms with van der Waals surface area (Å²) in [5.41, 5.74) is 3.57. The van der Waals surface area contributed by atoms with Gasteiger partial charge in [0.2, 0.25) is 5.91 Å². The molecule has 2 amide bonds. The Kier molecular flexibility index (Phi) is 5.89. The molecule has 2 aromatic carbocycles. The zero-order valence-electron chi connectivity index (χ0n) is 19.4. The Morgan fingerprint density at radius 3 is 2.28 bits per heavy atom. The molecule has 32 heavy (non-hydrogen) atoms. The second-order valence-electron chi connectivity index (χ2n) is 9.83.